The first-order valence-corrected chi connectivity index (χ1v) is 10.2. The van der Waals surface area contributed by atoms with Gasteiger partial charge in [0.15, 0.2) is 0 Å². The number of amides is 1. The quantitative estimate of drug-likeness (QED) is 0.579. The average molecular weight is 404 g/mol. The van der Waals surface area contributed by atoms with Gasteiger partial charge in [-0.2, -0.15) is 0 Å². The molecule has 0 saturated carbocycles. The molecule has 0 fully saturated rings. The molecule has 0 aromatic heterocycles. The molecule has 2 aromatic carbocycles. The van der Waals surface area contributed by atoms with E-state index in [1.807, 2.05) is 38.1 Å². The van der Waals surface area contributed by atoms with Crippen LogP contribution in [-0.4, -0.2) is 11.5 Å². The van der Waals surface area contributed by atoms with Crippen molar-refractivity contribution in [3.8, 4) is 5.75 Å². The van der Waals surface area contributed by atoms with Crippen molar-refractivity contribution in [3.05, 3.63) is 64.4 Å². The third-order valence-electron chi connectivity index (χ3n) is 5.26. The van der Waals surface area contributed by atoms with Gasteiger partial charge in [-0.3, -0.25) is 4.79 Å². The molecule has 0 saturated heterocycles. The van der Waals surface area contributed by atoms with Crippen molar-refractivity contribution in [1.82, 2.24) is 5.32 Å². The third-order valence-corrected chi connectivity index (χ3v) is 5.55. The Morgan fingerprint density at radius 2 is 1.96 bits per heavy atom. The minimum atomic E-state index is -0.550. The zero-order chi connectivity index (χ0) is 20.4. The number of hydrogen-bond donors (Lipinski definition) is 1. The van der Waals surface area contributed by atoms with Gasteiger partial charge in [-0.1, -0.05) is 56.0 Å². The van der Waals surface area contributed by atoms with E-state index in [1.165, 1.54) is 18.2 Å². The van der Waals surface area contributed by atoms with Gasteiger partial charge in [0.05, 0.1) is 10.6 Å². The molecule has 1 atom stereocenters. The molecule has 0 aliphatic carbocycles. The molecule has 28 heavy (non-hydrogen) atoms. The van der Waals surface area contributed by atoms with Crippen LogP contribution in [0.15, 0.2) is 42.5 Å². The number of unbranched alkanes of at least 4 members (excludes halogenated alkanes) is 2. The summed E-state index contributed by atoms with van der Waals surface area (Å²) >= 11 is 5.89. The largest absolute Gasteiger partial charge is 0.487 e. The molecule has 0 bridgehead atoms. The number of nitrogens with one attached hydrogen (secondary N) is 1. The molecule has 1 N–H and O–H groups in total. The zero-order valence-electron chi connectivity index (χ0n) is 16.6. The van der Waals surface area contributed by atoms with Crippen molar-refractivity contribution < 1.29 is 13.9 Å². The lowest BCUT2D eigenvalue weighted by atomic mass is 9.74. The van der Waals surface area contributed by atoms with Gasteiger partial charge in [0, 0.05) is 17.5 Å². The molecule has 0 radical (unpaired) electrons. The lowest BCUT2D eigenvalue weighted by Crippen LogP contribution is -2.54. The maximum atomic E-state index is 13.5. The smallest absolute Gasteiger partial charge is 0.252 e. The van der Waals surface area contributed by atoms with Crippen molar-refractivity contribution in [3.63, 3.8) is 0 Å². The maximum absolute atomic E-state index is 13.5. The fourth-order valence-corrected chi connectivity index (χ4v) is 4.29. The van der Waals surface area contributed by atoms with E-state index in [9.17, 15) is 9.18 Å². The fourth-order valence-electron chi connectivity index (χ4n) is 4.11. The molecule has 1 heterocycles. The summed E-state index contributed by atoms with van der Waals surface area (Å²) in [7, 11) is 0. The van der Waals surface area contributed by atoms with Crippen LogP contribution < -0.4 is 10.1 Å². The molecular formula is C23H27ClFNO2. The summed E-state index contributed by atoms with van der Waals surface area (Å²) < 4.78 is 19.7. The van der Waals surface area contributed by atoms with E-state index in [2.05, 4.69) is 12.2 Å². The SMILES string of the molecule is CCCCC[C@@]1(NC(=O)c2ccc(F)c(Cl)c2)CC(C)(C)Oc2ccccc21. The van der Waals surface area contributed by atoms with E-state index in [-0.39, 0.29) is 10.9 Å². The predicted octanol–water partition coefficient (Wildman–Crippen LogP) is 6.25. The second kappa shape index (κ2) is 8.12. The van der Waals surface area contributed by atoms with Gasteiger partial charge in [0.1, 0.15) is 17.2 Å². The molecule has 1 amide bonds. The summed E-state index contributed by atoms with van der Waals surface area (Å²) in [6.07, 6.45) is 4.64. The molecule has 3 rings (SSSR count). The zero-order valence-corrected chi connectivity index (χ0v) is 17.4. The van der Waals surface area contributed by atoms with Crippen LogP contribution in [0.2, 0.25) is 5.02 Å². The highest BCUT2D eigenvalue weighted by atomic mass is 35.5. The third kappa shape index (κ3) is 4.33. The first-order chi connectivity index (χ1) is 13.3. The Labute approximate surface area is 171 Å². The van der Waals surface area contributed by atoms with Crippen molar-refractivity contribution in [1.29, 1.82) is 0 Å². The summed E-state index contributed by atoms with van der Waals surface area (Å²) in [6.45, 7) is 6.24. The Morgan fingerprint density at radius 3 is 2.68 bits per heavy atom. The van der Waals surface area contributed by atoms with Crippen LogP contribution in [0.3, 0.4) is 0 Å². The summed E-state index contributed by atoms with van der Waals surface area (Å²) in [5.41, 5.74) is 0.370. The van der Waals surface area contributed by atoms with Crippen molar-refractivity contribution in [2.75, 3.05) is 0 Å². The van der Waals surface area contributed by atoms with Crippen molar-refractivity contribution in [2.45, 2.75) is 64.0 Å². The number of ether oxygens (including phenoxy) is 1. The van der Waals surface area contributed by atoms with E-state index < -0.39 is 17.0 Å². The molecule has 5 heteroatoms. The van der Waals surface area contributed by atoms with Crippen LogP contribution >= 0.6 is 11.6 Å². The number of halogens is 2. The monoisotopic (exact) mass is 403 g/mol. The van der Waals surface area contributed by atoms with Crippen LogP contribution in [0.5, 0.6) is 5.75 Å². The van der Waals surface area contributed by atoms with Crippen molar-refractivity contribution >= 4 is 17.5 Å². The molecule has 1 aliphatic heterocycles. The highest BCUT2D eigenvalue weighted by Crippen LogP contribution is 2.46. The fraction of sp³-hybridized carbons (Fsp3) is 0.435. The van der Waals surface area contributed by atoms with Gasteiger partial charge in [-0.15, -0.1) is 0 Å². The van der Waals surface area contributed by atoms with E-state index in [0.717, 1.165) is 37.0 Å². The number of para-hydroxylation sites is 1. The topological polar surface area (TPSA) is 38.3 Å². The molecule has 1 aliphatic rings. The highest BCUT2D eigenvalue weighted by Gasteiger charge is 2.45. The van der Waals surface area contributed by atoms with Gasteiger partial charge in [-0.25, -0.2) is 4.39 Å². The predicted molar refractivity (Wildman–Crippen MR) is 110 cm³/mol. The van der Waals surface area contributed by atoms with Gasteiger partial charge in [0.25, 0.3) is 5.91 Å². The molecule has 2 aromatic rings. The van der Waals surface area contributed by atoms with Crippen LogP contribution in [0.4, 0.5) is 4.39 Å². The summed E-state index contributed by atoms with van der Waals surface area (Å²) in [6, 6.07) is 12.0. The van der Waals surface area contributed by atoms with E-state index in [1.54, 1.807) is 0 Å². The first kappa shape index (κ1) is 20.7. The lowest BCUT2D eigenvalue weighted by molar-refractivity contribution is 0.0274. The average Bonchev–Trinajstić information content (AvgIpc) is 2.63. The Bertz CT molecular complexity index is 867. The summed E-state index contributed by atoms with van der Waals surface area (Å²) in [5.74, 6) is 0.00649. The van der Waals surface area contributed by atoms with Crippen LogP contribution in [0.1, 0.15) is 68.8 Å². The maximum Gasteiger partial charge on any atom is 0.252 e. The molecule has 3 nitrogen and oxygen atoms in total. The Morgan fingerprint density at radius 1 is 1.21 bits per heavy atom. The summed E-state index contributed by atoms with van der Waals surface area (Å²) in [5, 5.41) is 3.21. The van der Waals surface area contributed by atoms with Gasteiger partial charge in [0.2, 0.25) is 0 Å². The number of rotatable bonds is 6. The molecular weight excluding hydrogens is 377 g/mol. The number of carbonyl (C=O) groups is 1. The number of fused-ring (bicyclic) bond motifs is 1. The minimum absolute atomic E-state index is 0.0552. The Hall–Kier alpha value is -2.07. The van der Waals surface area contributed by atoms with Crippen LogP contribution in [0.25, 0.3) is 0 Å². The van der Waals surface area contributed by atoms with E-state index in [0.29, 0.717) is 12.0 Å². The van der Waals surface area contributed by atoms with Gasteiger partial charge >= 0.3 is 0 Å². The first-order valence-electron chi connectivity index (χ1n) is 9.82. The standard InChI is InChI=1S/C23H27ClFNO2/c1-4-5-8-13-23(26-21(27)16-11-12-19(25)18(24)14-16)15-22(2,3)28-20-10-7-6-9-17(20)23/h6-7,9-12,14H,4-5,8,13,15H2,1-3H3,(H,26,27)/t23-/m1/s1. The molecule has 0 unspecified atom stereocenters. The summed E-state index contributed by atoms with van der Waals surface area (Å²) in [4.78, 5) is 13.1. The van der Waals surface area contributed by atoms with Gasteiger partial charge < -0.3 is 10.1 Å². The second-order valence-corrected chi connectivity index (χ2v) is 8.56. The highest BCUT2D eigenvalue weighted by molar-refractivity contribution is 6.31. The van der Waals surface area contributed by atoms with E-state index in [4.69, 9.17) is 16.3 Å². The second-order valence-electron chi connectivity index (χ2n) is 8.16. The molecule has 0 spiro atoms. The molecule has 150 valence electrons. The number of hydrogen-bond acceptors (Lipinski definition) is 2. The normalized spacial score (nSPS) is 20.2. The Balaban J connectivity index is 2.00. The Kier molecular flexibility index (Phi) is 5.99. The van der Waals surface area contributed by atoms with Crippen molar-refractivity contribution in [2.24, 2.45) is 0 Å². The lowest BCUT2D eigenvalue weighted by Gasteiger charge is -2.46. The van der Waals surface area contributed by atoms with E-state index >= 15 is 0 Å². The van der Waals surface area contributed by atoms with Crippen LogP contribution in [-0.2, 0) is 5.54 Å². The number of carbonyl (C=O) groups excluding carboxylic acids is 1. The van der Waals surface area contributed by atoms with Gasteiger partial charge in [-0.05, 0) is 44.5 Å². The minimum Gasteiger partial charge on any atom is -0.487 e. The number of benzene rings is 2. The van der Waals surface area contributed by atoms with Crippen LogP contribution in [0, 0.1) is 5.82 Å².